The molecule has 74 heavy (non-hydrogen) atoms. The molecule has 0 radical (unpaired) electrons. The normalized spacial score (nSPS) is 18.6. The third-order valence-corrected chi connectivity index (χ3v) is 19.2. The van der Waals surface area contributed by atoms with Crippen molar-refractivity contribution in [2.45, 2.75) is 142 Å². The maximum atomic E-state index is 2.69. The third kappa shape index (κ3) is 7.25. The van der Waals surface area contributed by atoms with Crippen molar-refractivity contribution in [2.24, 2.45) is 0 Å². The summed E-state index contributed by atoms with van der Waals surface area (Å²) in [5, 5.41) is 2.65. The van der Waals surface area contributed by atoms with Crippen LogP contribution < -0.4 is 14.7 Å². The molecule has 1 unspecified atom stereocenters. The molecule has 3 heterocycles. The van der Waals surface area contributed by atoms with Crippen molar-refractivity contribution in [1.29, 1.82) is 0 Å². The van der Waals surface area contributed by atoms with Crippen LogP contribution in [0.1, 0.15) is 158 Å². The molecule has 4 aliphatic rings. The fourth-order valence-electron chi connectivity index (χ4n) is 13.6. The number of aryl methyl sites for hydroxylation is 1. The Bertz CT molecular complexity index is 3710. The molecule has 8 aromatic carbocycles. The van der Waals surface area contributed by atoms with Gasteiger partial charge in [-0.3, -0.25) is 0 Å². The predicted molar refractivity (Wildman–Crippen MR) is 318 cm³/mol. The molecule has 0 spiro atoms. The van der Waals surface area contributed by atoms with E-state index in [-0.39, 0.29) is 33.0 Å². The highest BCUT2D eigenvalue weighted by Crippen LogP contribution is 2.64. The van der Waals surface area contributed by atoms with E-state index in [0.29, 0.717) is 0 Å². The van der Waals surface area contributed by atoms with E-state index in [1.807, 2.05) is 11.3 Å². The summed E-state index contributed by atoms with van der Waals surface area (Å²) in [6, 6.07) is 61.4. The van der Waals surface area contributed by atoms with Gasteiger partial charge in [-0.25, -0.2) is 0 Å². The first-order valence-electron chi connectivity index (χ1n) is 27.3. The van der Waals surface area contributed by atoms with Crippen LogP contribution in [0.3, 0.4) is 0 Å². The van der Waals surface area contributed by atoms with E-state index in [2.05, 4.69) is 256 Å². The molecule has 9 aromatic rings. The molecule has 1 atom stereocenters. The van der Waals surface area contributed by atoms with Crippen molar-refractivity contribution >= 4 is 82.7 Å². The van der Waals surface area contributed by atoms with Crippen LogP contribution in [0, 0.1) is 6.92 Å². The Hall–Kier alpha value is -6.62. The zero-order valence-electron chi connectivity index (χ0n) is 45.7. The summed E-state index contributed by atoms with van der Waals surface area (Å²) in [7, 11) is 0. The van der Waals surface area contributed by atoms with Crippen molar-refractivity contribution in [3.8, 4) is 0 Å². The maximum absolute atomic E-state index is 2.69. The van der Waals surface area contributed by atoms with Gasteiger partial charge in [0.2, 0.25) is 0 Å². The summed E-state index contributed by atoms with van der Waals surface area (Å²) in [4.78, 5) is 7.75. The molecule has 0 saturated carbocycles. The average Bonchev–Trinajstić information content (AvgIpc) is 3.74. The van der Waals surface area contributed by atoms with Gasteiger partial charge in [-0.1, -0.05) is 149 Å². The van der Waals surface area contributed by atoms with Crippen LogP contribution in [0.25, 0.3) is 20.2 Å². The number of para-hydroxylation sites is 2. The highest BCUT2D eigenvalue weighted by atomic mass is 32.1. The van der Waals surface area contributed by atoms with Crippen molar-refractivity contribution in [1.82, 2.24) is 0 Å². The van der Waals surface area contributed by atoms with E-state index in [4.69, 9.17) is 0 Å². The Morgan fingerprint density at radius 1 is 0.446 bits per heavy atom. The Balaban J connectivity index is 1.11. The molecule has 2 aliphatic carbocycles. The summed E-state index contributed by atoms with van der Waals surface area (Å²) in [6.45, 7) is 29.0. The lowest BCUT2D eigenvalue weighted by atomic mass is 9.61. The van der Waals surface area contributed by atoms with Crippen LogP contribution in [-0.2, 0) is 27.1 Å². The largest absolute Gasteiger partial charge is 0.310 e. The van der Waals surface area contributed by atoms with Crippen molar-refractivity contribution in [3.05, 3.63) is 208 Å². The Labute approximate surface area is 444 Å². The summed E-state index contributed by atoms with van der Waals surface area (Å²) in [5.41, 5.74) is 24.0. The number of benzene rings is 8. The molecule has 2 aliphatic heterocycles. The fourth-order valence-corrected chi connectivity index (χ4v) is 14.7. The van der Waals surface area contributed by atoms with Gasteiger partial charge in [0.15, 0.2) is 0 Å². The first-order chi connectivity index (χ1) is 35.2. The van der Waals surface area contributed by atoms with Crippen molar-refractivity contribution in [2.75, 3.05) is 14.7 Å². The van der Waals surface area contributed by atoms with Crippen LogP contribution in [-0.4, -0.2) is 0 Å². The van der Waals surface area contributed by atoms with Gasteiger partial charge in [-0.2, -0.15) is 0 Å². The van der Waals surface area contributed by atoms with Gasteiger partial charge in [0.1, 0.15) is 0 Å². The predicted octanol–water partition coefficient (Wildman–Crippen LogP) is 20.6. The topological polar surface area (TPSA) is 9.72 Å². The van der Waals surface area contributed by atoms with Crippen LogP contribution in [0.2, 0.25) is 0 Å². The number of anilines is 9. The van der Waals surface area contributed by atoms with Gasteiger partial charge in [0, 0.05) is 60.1 Å². The molecule has 1 aromatic heterocycles. The summed E-state index contributed by atoms with van der Waals surface area (Å²) >= 11 is 1.93. The average molecular weight is 986 g/mol. The smallest absolute Gasteiger partial charge is 0.0527 e. The summed E-state index contributed by atoms with van der Waals surface area (Å²) in [6.07, 6.45) is 4.70. The van der Waals surface area contributed by atoms with E-state index in [9.17, 15) is 0 Å². The second kappa shape index (κ2) is 16.2. The van der Waals surface area contributed by atoms with Crippen LogP contribution in [0.5, 0.6) is 0 Å². The molecule has 0 bridgehead atoms. The minimum atomic E-state index is -0.00272. The number of rotatable bonds is 5. The van der Waals surface area contributed by atoms with E-state index >= 15 is 0 Å². The Kier molecular flexibility index (Phi) is 10.3. The molecule has 0 fully saturated rings. The second-order valence-electron chi connectivity index (χ2n) is 26.0. The van der Waals surface area contributed by atoms with Gasteiger partial charge in [-0.15, -0.1) is 11.3 Å². The molecule has 0 N–H and O–H groups in total. The van der Waals surface area contributed by atoms with Gasteiger partial charge < -0.3 is 14.7 Å². The highest BCUT2D eigenvalue weighted by Gasteiger charge is 2.46. The first kappa shape index (κ1) is 47.1. The first-order valence-corrected chi connectivity index (χ1v) is 28.1. The fraction of sp³-hybridized carbons (Fsp3) is 0.314. The molecule has 0 amide bonds. The van der Waals surface area contributed by atoms with E-state index in [1.54, 1.807) is 0 Å². The number of thiophene rings is 1. The molecule has 3 nitrogen and oxygen atoms in total. The highest BCUT2D eigenvalue weighted by molar-refractivity contribution is 7.25. The number of nitrogens with zero attached hydrogens (tertiary/aromatic N) is 3. The molecular formula is C70H71N3S. The number of hydrogen-bond donors (Lipinski definition) is 0. The molecule has 372 valence electrons. The monoisotopic (exact) mass is 986 g/mol. The second-order valence-corrected chi connectivity index (χ2v) is 27.1. The van der Waals surface area contributed by atoms with E-state index in [0.717, 1.165) is 23.5 Å². The lowest BCUT2D eigenvalue weighted by molar-refractivity contribution is 0.331. The molecular weight excluding hydrogens is 915 g/mol. The Morgan fingerprint density at radius 3 is 1.54 bits per heavy atom. The van der Waals surface area contributed by atoms with E-state index in [1.165, 1.54) is 124 Å². The number of fused-ring (bicyclic) bond motifs is 9. The zero-order chi connectivity index (χ0) is 51.4. The minimum absolute atomic E-state index is 0.00272. The van der Waals surface area contributed by atoms with E-state index < -0.39 is 0 Å². The lowest BCUT2D eigenvalue weighted by Crippen LogP contribution is -2.36. The SMILES string of the molecule is Cc1cc2c3c(c1)N(c1ccc4c(c1)C(C)(C)CCC4(C)C)c1cc4c(cc1C3c1ccc(N(c3ccccc3)c3ccccc3)cc1N2c1ccc2c(c1)sc1cc(C(C)(C)C)ccc12)C(C)(C)CCC4(C)C. The summed E-state index contributed by atoms with van der Waals surface area (Å²) < 4.78 is 2.65. The van der Waals surface area contributed by atoms with Crippen molar-refractivity contribution in [3.63, 3.8) is 0 Å². The van der Waals surface area contributed by atoms with Crippen LogP contribution in [0.15, 0.2) is 158 Å². The van der Waals surface area contributed by atoms with Gasteiger partial charge in [0.25, 0.3) is 0 Å². The molecule has 13 rings (SSSR count). The summed E-state index contributed by atoms with van der Waals surface area (Å²) in [5.74, 6) is -0.00272. The number of hydrogen-bond acceptors (Lipinski definition) is 4. The quantitative estimate of drug-likeness (QED) is 0.170. The third-order valence-electron chi connectivity index (χ3n) is 18.1. The minimum Gasteiger partial charge on any atom is -0.310 e. The van der Waals surface area contributed by atoms with Gasteiger partial charge >= 0.3 is 0 Å². The maximum Gasteiger partial charge on any atom is 0.0527 e. The van der Waals surface area contributed by atoms with Crippen LogP contribution in [0.4, 0.5) is 51.2 Å². The van der Waals surface area contributed by atoms with Gasteiger partial charge in [0.05, 0.1) is 22.7 Å². The Morgan fingerprint density at radius 2 is 0.946 bits per heavy atom. The zero-order valence-corrected chi connectivity index (χ0v) is 46.5. The lowest BCUT2D eigenvalue weighted by Gasteiger charge is -2.48. The van der Waals surface area contributed by atoms with Crippen LogP contribution >= 0.6 is 11.3 Å². The molecule has 0 saturated heterocycles. The molecule has 4 heteroatoms. The van der Waals surface area contributed by atoms with Crippen molar-refractivity contribution < 1.29 is 0 Å². The standard InChI is InChI=1S/C70H71N3S/c1-43-35-60-65-61(36-43)73(49-24-28-51-50-27-23-44(66(2,3)4)37-62(50)74-63(51)40-49)58-39-48(71(45-19-15-13-16-20-45)46-21-17-14-18-22-46)25-29-52(58)64(65)53-41-56-57(70(11,12)34-33-69(56,9)10)42-59(53)72(60)47-26-30-54-55(38-47)68(7,8)32-31-67(54,5)6/h13-30,35-42,64H,31-34H2,1-12H3. The van der Waals surface area contributed by atoms with Gasteiger partial charge in [-0.05, 0) is 189 Å².